The minimum absolute atomic E-state index is 0.110. The Balaban J connectivity index is 2.31. The highest BCUT2D eigenvalue weighted by Gasteiger charge is 2.25. The second kappa shape index (κ2) is 7.89. The van der Waals surface area contributed by atoms with E-state index in [0.29, 0.717) is 5.56 Å². The summed E-state index contributed by atoms with van der Waals surface area (Å²) in [5.41, 5.74) is 2.00. The Morgan fingerprint density at radius 1 is 1.04 bits per heavy atom. The molecule has 0 saturated heterocycles. The molecule has 0 bridgehead atoms. The molecule has 0 radical (unpaired) electrons. The number of benzene rings is 2. The molecular formula is C19H21NO6S. The van der Waals surface area contributed by atoms with Crippen LogP contribution in [-0.2, 0) is 14.8 Å². The van der Waals surface area contributed by atoms with E-state index in [1.54, 1.807) is 13.0 Å². The topological polar surface area (TPSA) is 113 Å². The van der Waals surface area contributed by atoms with Gasteiger partial charge in [-0.05, 0) is 50.6 Å². The van der Waals surface area contributed by atoms with Crippen LogP contribution in [0, 0.1) is 13.8 Å². The predicted molar refractivity (Wildman–Crippen MR) is 99.5 cm³/mol. The van der Waals surface area contributed by atoms with Gasteiger partial charge in [0.15, 0.2) is 6.10 Å². The fraction of sp³-hybridized carbons (Fsp3) is 0.263. The fourth-order valence-corrected chi connectivity index (χ4v) is 3.06. The first kappa shape index (κ1) is 20.6. The largest absolute Gasteiger partial charge is 0.496 e. The van der Waals surface area contributed by atoms with Gasteiger partial charge in [-0.3, -0.25) is 4.79 Å². The molecule has 2 rings (SSSR count). The number of ether oxygens (including phenoxy) is 2. The third-order valence-corrected chi connectivity index (χ3v) is 4.94. The van der Waals surface area contributed by atoms with Crippen LogP contribution in [0.2, 0.25) is 0 Å². The number of hydrogen-bond acceptors (Lipinski definition) is 6. The quantitative estimate of drug-likeness (QED) is 0.597. The van der Waals surface area contributed by atoms with Gasteiger partial charge in [0.25, 0.3) is 0 Å². The number of primary sulfonamides is 1. The smallest absolute Gasteiger partial charge is 0.342 e. The van der Waals surface area contributed by atoms with Gasteiger partial charge in [0.1, 0.15) is 11.3 Å². The van der Waals surface area contributed by atoms with Crippen molar-refractivity contribution in [3.05, 3.63) is 58.7 Å². The van der Waals surface area contributed by atoms with Crippen LogP contribution in [0.15, 0.2) is 41.3 Å². The molecule has 2 aromatic rings. The Kier molecular flexibility index (Phi) is 6.02. The molecule has 0 spiro atoms. The highest BCUT2D eigenvalue weighted by Crippen LogP contribution is 2.24. The summed E-state index contributed by atoms with van der Waals surface area (Å²) in [5.74, 6) is -1.13. The molecule has 7 nitrogen and oxygen atoms in total. The lowest BCUT2D eigenvalue weighted by Crippen LogP contribution is -2.25. The summed E-state index contributed by atoms with van der Waals surface area (Å²) in [4.78, 5) is 24.9. The molecule has 0 fully saturated rings. The Morgan fingerprint density at radius 3 is 2.30 bits per heavy atom. The molecule has 0 aliphatic carbocycles. The monoisotopic (exact) mass is 391 g/mol. The van der Waals surface area contributed by atoms with Crippen LogP contribution in [0.1, 0.15) is 38.8 Å². The first-order valence-corrected chi connectivity index (χ1v) is 9.62. The van der Waals surface area contributed by atoms with Crippen LogP contribution < -0.4 is 9.88 Å². The first-order valence-electron chi connectivity index (χ1n) is 8.08. The van der Waals surface area contributed by atoms with Crippen LogP contribution in [-0.4, -0.2) is 33.4 Å². The zero-order valence-electron chi connectivity index (χ0n) is 15.5. The number of hydrogen-bond donors (Lipinski definition) is 1. The van der Waals surface area contributed by atoms with E-state index in [2.05, 4.69) is 0 Å². The number of esters is 1. The van der Waals surface area contributed by atoms with Crippen molar-refractivity contribution in [2.24, 2.45) is 5.14 Å². The van der Waals surface area contributed by atoms with Crippen molar-refractivity contribution < 1.29 is 27.5 Å². The van der Waals surface area contributed by atoms with Gasteiger partial charge < -0.3 is 9.47 Å². The molecule has 144 valence electrons. The molecule has 2 N–H and O–H groups in total. The first-order chi connectivity index (χ1) is 12.5. The zero-order valence-corrected chi connectivity index (χ0v) is 16.3. The lowest BCUT2D eigenvalue weighted by Gasteiger charge is -2.16. The van der Waals surface area contributed by atoms with Gasteiger partial charge in [-0.25, -0.2) is 18.4 Å². The lowest BCUT2D eigenvalue weighted by molar-refractivity contribution is 0.0315. The van der Waals surface area contributed by atoms with Crippen LogP contribution in [0.3, 0.4) is 0 Å². The number of methoxy groups -OCH3 is 1. The van der Waals surface area contributed by atoms with Crippen LogP contribution in [0.25, 0.3) is 0 Å². The Bertz CT molecular complexity index is 997. The van der Waals surface area contributed by atoms with Gasteiger partial charge >= 0.3 is 5.97 Å². The van der Waals surface area contributed by atoms with Crippen molar-refractivity contribution in [1.82, 2.24) is 0 Å². The van der Waals surface area contributed by atoms with Crippen LogP contribution in [0.5, 0.6) is 5.75 Å². The summed E-state index contributed by atoms with van der Waals surface area (Å²) in [6.45, 7) is 5.11. The highest BCUT2D eigenvalue weighted by molar-refractivity contribution is 7.89. The molecule has 0 aliphatic heterocycles. The highest BCUT2D eigenvalue weighted by atomic mass is 32.2. The molecule has 1 atom stereocenters. The number of carbonyl (C=O) groups excluding carboxylic acids is 2. The molecule has 0 aromatic heterocycles. The molecular weight excluding hydrogens is 370 g/mol. The number of Topliss-reactive ketones (excluding diaryl/α,β-unsaturated/α-hetero) is 1. The van der Waals surface area contributed by atoms with E-state index < -0.39 is 22.1 Å². The second-order valence-corrected chi connectivity index (χ2v) is 7.70. The van der Waals surface area contributed by atoms with Crippen molar-refractivity contribution in [3.63, 3.8) is 0 Å². The van der Waals surface area contributed by atoms with Crippen molar-refractivity contribution in [3.8, 4) is 5.75 Å². The van der Waals surface area contributed by atoms with E-state index in [-0.39, 0.29) is 22.0 Å². The van der Waals surface area contributed by atoms with Crippen LogP contribution in [0.4, 0.5) is 0 Å². The van der Waals surface area contributed by atoms with E-state index in [4.69, 9.17) is 14.6 Å². The zero-order chi connectivity index (χ0) is 20.4. The third kappa shape index (κ3) is 4.72. The van der Waals surface area contributed by atoms with Gasteiger partial charge in [-0.15, -0.1) is 0 Å². The summed E-state index contributed by atoms with van der Waals surface area (Å²) < 4.78 is 33.4. The van der Waals surface area contributed by atoms with Crippen molar-refractivity contribution >= 4 is 21.8 Å². The summed E-state index contributed by atoms with van der Waals surface area (Å²) >= 11 is 0. The summed E-state index contributed by atoms with van der Waals surface area (Å²) in [6, 6.07) is 9.00. The predicted octanol–water partition coefficient (Wildman–Crippen LogP) is 2.39. The Labute approximate surface area is 158 Å². The number of aryl methyl sites for hydroxylation is 2. The standard InChI is InChI=1S/C19H21NO6S/c1-11-5-6-12(2)15(9-11)18(21)13(3)26-19(22)16-10-14(27(20,23)24)7-8-17(16)25-4/h5-10,13H,1-4H3,(H2,20,23,24)/t13-/m1/s1. The normalized spacial score (nSPS) is 12.3. The van der Waals surface area contributed by atoms with Crippen molar-refractivity contribution in [1.29, 1.82) is 0 Å². The number of carbonyl (C=O) groups is 2. The summed E-state index contributed by atoms with van der Waals surface area (Å²) in [5, 5.41) is 5.10. The number of nitrogens with two attached hydrogens (primary N) is 1. The Hall–Kier alpha value is -2.71. The molecule has 0 saturated carbocycles. The van der Waals surface area contributed by atoms with E-state index in [1.807, 2.05) is 19.1 Å². The minimum Gasteiger partial charge on any atom is -0.496 e. The maximum atomic E-state index is 12.6. The fourth-order valence-electron chi connectivity index (χ4n) is 2.52. The molecule has 27 heavy (non-hydrogen) atoms. The van der Waals surface area contributed by atoms with E-state index in [9.17, 15) is 18.0 Å². The maximum Gasteiger partial charge on any atom is 0.342 e. The molecule has 0 amide bonds. The van der Waals surface area contributed by atoms with E-state index in [1.165, 1.54) is 26.2 Å². The molecule has 2 aromatic carbocycles. The van der Waals surface area contributed by atoms with Crippen molar-refractivity contribution in [2.75, 3.05) is 7.11 Å². The maximum absolute atomic E-state index is 12.6. The summed E-state index contributed by atoms with van der Waals surface area (Å²) in [7, 11) is -2.69. The average molecular weight is 391 g/mol. The number of sulfonamides is 1. The average Bonchev–Trinajstić information content (AvgIpc) is 2.61. The minimum atomic E-state index is -4.01. The van der Waals surface area contributed by atoms with Gasteiger partial charge in [-0.1, -0.05) is 17.7 Å². The Morgan fingerprint density at radius 2 is 1.70 bits per heavy atom. The molecule has 0 unspecified atom stereocenters. The van der Waals surface area contributed by atoms with E-state index >= 15 is 0 Å². The molecule has 8 heteroatoms. The third-order valence-electron chi connectivity index (χ3n) is 4.03. The molecule has 0 heterocycles. The van der Waals surface area contributed by atoms with E-state index in [0.717, 1.165) is 17.2 Å². The SMILES string of the molecule is COc1ccc(S(N)(=O)=O)cc1C(=O)O[C@H](C)C(=O)c1cc(C)ccc1C. The molecule has 0 aliphatic rings. The van der Waals surface area contributed by atoms with Crippen molar-refractivity contribution in [2.45, 2.75) is 31.8 Å². The second-order valence-electron chi connectivity index (χ2n) is 6.14. The lowest BCUT2D eigenvalue weighted by atomic mass is 9.99. The van der Waals surface area contributed by atoms with Crippen LogP contribution >= 0.6 is 0 Å². The van der Waals surface area contributed by atoms with Gasteiger partial charge in [0.2, 0.25) is 15.8 Å². The number of rotatable bonds is 6. The van der Waals surface area contributed by atoms with Gasteiger partial charge in [0, 0.05) is 5.56 Å². The summed E-state index contributed by atoms with van der Waals surface area (Å²) in [6.07, 6.45) is -1.07. The van der Waals surface area contributed by atoms with Gasteiger partial charge in [-0.2, -0.15) is 0 Å². The van der Waals surface area contributed by atoms with Gasteiger partial charge in [0.05, 0.1) is 12.0 Å². The number of ketones is 1.